The number of hydrogen-bond acceptors (Lipinski definition) is 2. The summed E-state index contributed by atoms with van der Waals surface area (Å²) >= 11 is 0. The van der Waals surface area contributed by atoms with Crippen molar-refractivity contribution in [1.82, 2.24) is 9.55 Å². The third-order valence-electron chi connectivity index (χ3n) is 4.55. The summed E-state index contributed by atoms with van der Waals surface area (Å²) in [7, 11) is 0. The van der Waals surface area contributed by atoms with E-state index in [1.54, 1.807) is 12.5 Å². The minimum atomic E-state index is 0.0710. The maximum atomic E-state index is 13.0. The van der Waals surface area contributed by atoms with Crippen LogP contribution in [0.15, 0.2) is 67.3 Å². The first kappa shape index (κ1) is 14.7. The number of carbonyl (C=O) groups is 1. The van der Waals surface area contributed by atoms with E-state index >= 15 is 0 Å². The molecule has 2 heterocycles. The fourth-order valence-corrected chi connectivity index (χ4v) is 3.36. The first-order chi connectivity index (χ1) is 11.7. The lowest BCUT2D eigenvalue weighted by Gasteiger charge is -2.23. The van der Waals surface area contributed by atoms with Crippen LogP contribution in [0, 0.1) is 0 Å². The lowest BCUT2D eigenvalue weighted by Crippen LogP contribution is -2.35. The summed E-state index contributed by atoms with van der Waals surface area (Å²) in [5.41, 5.74) is 4.17. The predicted molar refractivity (Wildman–Crippen MR) is 94.2 cm³/mol. The predicted octanol–water partition coefficient (Wildman–Crippen LogP) is 3.52. The normalized spacial score (nSPS) is 16.2. The molecule has 0 fully saturated rings. The molecule has 1 amide bonds. The van der Waals surface area contributed by atoms with Gasteiger partial charge in [0, 0.05) is 36.2 Å². The molecule has 4 nitrogen and oxygen atoms in total. The van der Waals surface area contributed by atoms with Crippen molar-refractivity contribution in [2.75, 3.05) is 4.90 Å². The molecule has 1 aliphatic rings. The van der Waals surface area contributed by atoms with Gasteiger partial charge < -0.3 is 9.47 Å². The van der Waals surface area contributed by atoms with Gasteiger partial charge in [0.05, 0.1) is 6.33 Å². The van der Waals surface area contributed by atoms with Gasteiger partial charge in [-0.2, -0.15) is 0 Å². The standard InChI is InChI=1S/C20H19N3O/c1-15-12-18-4-2-3-5-19(18)23(15)20(24)17-8-6-16(7-9-17)13-22-11-10-21-14-22/h2-11,14-15H,12-13H2,1H3/t15-/m1/s1. The molecule has 1 atom stereocenters. The second-order valence-electron chi connectivity index (χ2n) is 6.29. The lowest BCUT2D eigenvalue weighted by atomic mass is 10.1. The Bertz CT molecular complexity index is 853. The Morgan fingerprint density at radius 3 is 2.71 bits per heavy atom. The van der Waals surface area contributed by atoms with Crippen LogP contribution in [0.3, 0.4) is 0 Å². The molecular weight excluding hydrogens is 298 g/mol. The number of hydrogen-bond donors (Lipinski definition) is 0. The van der Waals surface area contributed by atoms with Gasteiger partial charge >= 0.3 is 0 Å². The Hall–Kier alpha value is -2.88. The van der Waals surface area contributed by atoms with Crippen molar-refractivity contribution >= 4 is 11.6 Å². The molecule has 120 valence electrons. The summed E-state index contributed by atoms with van der Waals surface area (Å²) in [5.74, 6) is 0.0710. The van der Waals surface area contributed by atoms with Gasteiger partial charge in [-0.1, -0.05) is 30.3 Å². The van der Waals surface area contributed by atoms with E-state index < -0.39 is 0 Å². The zero-order chi connectivity index (χ0) is 16.5. The number of anilines is 1. The highest BCUT2D eigenvalue weighted by Crippen LogP contribution is 2.33. The van der Waals surface area contributed by atoms with Gasteiger partial charge in [-0.25, -0.2) is 4.98 Å². The highest BCUT2D eigenvalue weighted by Gasteiger charge is 2.31. The first-order valence-electron chi connectivity index (χ1n) is 8.18. The number of amides is 1. The average molecular weight is 317 g/mol. The van der Waals surface area contributed by atoms with E-state index in [1.165, 1.54) is 5.56 Å². The molecule has 1 aliphatic heterocycles. The SMILES string of the molecule is C[C@@H]1Cc2ccccc2N1C(=O)c1ccc(Cn2ccnc2)cc1. The Morgan fingerprint density at radius 2 is 1.96 bits per heavy atom. The van der Waals surface area contributed by atoms with Crippen LogP contribution in [0.4, 0.5) is 5.69 Å². The molecule has 0 saturated heterocycles. The number of carbonyl (C=O) groups excluding carboxylic acids is 1. The largest absolute Gasteiger partial charge is 0.333 e. The summed E-state index contributed by atoms with van der Waals surface area (Å²) < 4.78 is 2.01. The lowest BCUT2D eigenvalue weighted by molar-refractivity contribution is 0.0981. The maximum absolute atomic E-state index is 13.0. The van der Waals surface area contributed by atoms with Crippen LogP contribution in [-0.4, -0.2) is 21.5 Å². The minimum Gasteiger partial charge on any atom is -0.333 e. The maximum Gasteiger partial charge on any atom is 0.258 e. The number of benzene rings is 2. The molecule has 0 unspecified atom stereocenters. The topological polar surface area (TPSA) is 38.1 Å². The monoisotopic (exact) mass is 317 g/mol. The van der Waals surface area contributed by atoms with E-state index in [2.05, 4.69) is 18.0 Å². The van der Waals surface area contributed by atoms with E-state index in [1.807, 2.05) is 58.1 Å². The number of nitrogens with zero attached hydrogens (tertiary/aromatic N) is 3. The third-order valence-corrected chi connectivity index (χ3v) is 4.55. The molecule has 3 aromatic rings. The van der Waals surface area contributed by atoms with Crippen LogP contribution >= 0.6 is 0 Å². The van der Waals surface area contributed by atoms with Crippen molar-refractivity contribution in [2.24, 2.45) is 0 Å². The molecule has 1 aromatic heterocycles. The first-order valence-corrected chi connectivity index (χ1v) is 8.18. The number of rotatable bonds is 3. The molecule has 0 radical (unpaired) electrons. The molecule has 4 heteroatoms. The minimum absolute atomic E-state index is 0.0710. The van der Waals surface area contributed by atoms with Gasteiger partial charge in [0.1, 0.15) is 0 Å². The van der Waals surface area contributed by atoms with E-state index in [0.717, 1.165) is 29.8 Å². The van der Waals surface area contributed by atoms with Crippen LogP contribution in [0.25, 0.3) is 0 Å². The third kappa shape index (κ3) is 2.60. The molecule has 0 N–H and O–H groups in total. The summed E-state index contributed by atoms with van der Waals surface area (Å²) in [6.07, 6.45) is 6.41. The van der Waals surface area contributed by atoms with Crippen molar-refractivity contribution in [3.8, 4) is 0 Å². The second-order valence-corrected chi connectivity index (χ2v) is 6.29. The molecule has 0 bridgehead atoms. The Morgan fingerprint density at radius 1 is 1.17 bits per heavy atom. The zero-order valence-corrected chi connectivity index (χ0v) is 13.6. The smallest absolute Gasteiger partial charge is 0.258 e. The second kappa shape index (κ2) is 5.96. The Balaban J connectivity index is 1.56. The van der Waals surface area contributed by atoms with Gasteiger partial charge in [0.2, 0.25) is 0 Å². The number of para-hydroxylation sites is 1. The van der Waals surface area contributed by atoms with Crippen molar-refractivity contribution in [1.29, 1.82) is 0 Å². The van der Waals surface area contributed by atoms with Crippen molar-refractivity contribution < 1.29 is 4.79 Å². The molecule has 4 rings (SSSR count). The van der Waals surface area contributed by atoms with E-state index in [4.69, 9.17) is 0 Å². The van der Waals surface area contributed by atoms with E-state index in [-0.39, 0.29) is 11.9 Å². The summed E-state index contributed by atoms with van der Waals surface area (Å²) in [4.78, 5) is 18.9. The molecule has 24 heavy (non-hydrogen) atoms. The molecular formula is C20H19N3O. The fourth-order valence-electron chi connectivity index (χ4n) is 3.36. The van der Waals surface area contributed by atoms with Crippen molar-refractivity contribution in [3.05, 3.63) is 83.9 Å². The van der Waals surface area contributed by atoms with E-state index in [0.29, 0.717) is 0 Å². The summed E-state index contributed by atoms with van der Waals surface area (Å²) in [6.45, 7) is 2.86. The van der Waals surface area contributed by atoms with Crippen LogP contribution in [0.1, 0.15) is 28.4 Å². The molecule has 0 aliphatic carbocycles. The van der Waals surface area contributed by atoms with Gasteiger partial charge in [-0.05, 0) is 42.7 Å². The van der Waals surface area contributed by atoms with E-state index in [9.17, 15) is 4.79 Å². The Labute approximate surface area is 141 Å². The highest BCUT2D eigenvalue weighted by molar-refractivity contribution is 6.07. The summed E-state index contributed by atoms with van der Waals surface area (Å²) in [5, 5.41) is 0. The van der Waals surface area contributed by atoms with Crippen molar-refractivity contribution in [2.45, 2.75) is 25.9 Å². The van der Waals surface area contributed by atoms with Crippen LogP contribution in [0.2, 0.25) is 0 Å². The van der Waals surface area contributed by atoms with Gasteiger partial charge in [-0.15, -0.1) is 0 Å². The van der Waals surface area contributed by atoms with Gasteiger partial charge in [0.25, 0.3) is 5.91 Å². The van der Waals surface area contributed by atoms with Crippen molar-refractivity contribution in [3.63, 3.8) is 0 Å². The number of imidazole rings is 1. The highest BCUT2D eigenvalue weighted by atomic mass is 16.2. The number of fused-ring (bicyclic) bond motifs is 1. The molecule has 0 saturated carbocycles. The Kier molecular flexibility index (Phi) is 3.65. The summed E-state index contributed by atoms with van der Waals surface area (Å²) in [6, 6.07) is 16.2. The molecule has 0 spiro atoms. The van der Waals surface area contributed by atoms with Gasteiger partial charge in [-0.3, -0.25) is 4.79 Å². The van der Waals surface area contributed by atoms with Crippen LogP contribution < -0.4 is 4.90 Å². The quantitative estimate of drug-likeness (QED) is 0.741. The van der Waals surface area contributed by atoms with Crippen LogP contribution in [-0.2, 0) is 13.0 Å². The van der Waals surface area contributed by atoms with Crippen LogP contribution in [0.5, 0.6) is 0 Å². The number of aromatic nitrogens is 2. The zero-order valence-electron chi connectivity index (χ0n) is 13.6. The molecule has 2 aromatic carbocycles. The van der Waals surface area contributed by atoms with Gasteiger partial charge in [0.15, 0.2) is 0 Å². The average Bonchev–Trinajstić information content (AvgIpc) is 3.21. The fraction of sp³-hybridized carbons (Fsp3) is 0.200.